The Morgan fingerprint density at radius 3 is 2.73 bits per heavy atom. The molecule has 0 radical (unpaired) electrons. The first-order valence-corrected chi connectivity index (χ1v) is 9.08. The largest absolute Gasteiger partial charge is 0.388 e. The van der Waals surface area contributed by atoms with Gasteiger partial charge in [0.25, 0.3) is 0 Å². The Balaban J connectivity index is 1.49. The van der Waals surface area contributed by atoms with E-state index in [4.69, 9.17) is 0 Å². The molecule has 1 aromatic carbocycles. The number of likely N-dealkylation sites (tertiary alicyclic amines) is 1. The number of nitrogens with zero attached hydrogens (tertiary/aromatic N) is 6. The molecule has 0 aliphatic carbocycles. The number of aliphatic hydroxyl groups is 1. The van der Waals surface area contributed by atoms with E-state index >= 15 is 0 Å². The molecule has 0 bridgehead atoms. The van der Waals surface area contributed by atoms with E-state index in [1.165, 1.54) is 12.8 Å². The SMILES string of the molecule is CN(CC[C@@H](O)c1ccccc1)C(=O)Cn1nnnc1CN1CCCC1. The van der Waals surface area contributed by atoms with Crippen LogP contribution in [0.1, 0.15) is 36.8 Å². The van der Waals surface area contributed by atoms with Gasteiger partial charge >= 0.3 is 0 Å². The molecule has 1 fully saturated rings. The van der Waals surface area contributed by atoms with E-state index < -0.39 is 6.10 Å². The topological polar surface area (TPSA) is 87.4 Å². The lowest BCUT2D eigenvalue weighted by atomic mass is 10.1. The number of carbonyl (C=O) groups excluding carboxylic acids is 1. The second-order valence-corrected chi connectivity index (χ2v) is 6.77. The first-order valence-electron chi connectivity index (χ1n) is 9.08. The second-order valence-electron chi connectivity index (χ2n) is 6.77. The minimum atomic E-state index is -0.579. The first-order chi connectivity index (χ1) is 12.6. The molecule has 2 heterocycles. The van der Waals surface area contributed by atoms with Gasteiger partial charge in [-0.2, -0.15) is 0 Å². The van der Waals surface area contributed by atoms with Crippen LogP contribution in [0, 0.1) is 0 Å². The normalized spacial score (nSPS) is 15.9. The Bertz CT molecular complexity index is 699. The third-order valence-electron chi connectivity index (χ3n) is 4.80. The van der Waals surface area contributed by atoms with E-state index in [0.717, 1.165) is 24.5 Å². The molecule has 8 heteroatoms. The molecular weight excluding hydrogens is 332 g/mol. The molecule has 1 amide bonds. The molecular formula is C18H26N6O2. The summed E-state index contributed by atoms with van der Waals surface area (Å²) in [5.74, 6) is 0.651. The number of carbonyl (C=O) groups is 1. The zero-order chi connectivity index (χ0) is 18.4. The lowest BCUT2D eigenvalue weighted by Gasteiger charge is -2.20. The summed E-state index contributed by atoms with van der Waals surface area (Å²) in [5.41, 5.74) is 0.863. The van der Waals surface area contributed by atoms with Crippen LogP contribution in [-0.2, 0) is 17.9 Å². The Labute approximate surface area is 153 Å². The molecule has 1 saturated heterocycles. The molecule has 8 nitrogen and oxygen atoms in total. The maximum Gasteiger partial charge on any atom is 0.244 e. The Morgan fingerprint density at radius 2 is 2.00 bits per heavy atom. The summed E-state index contributed by atoms with van der Waals surface area (Å²) in [7, 11) is 1.74. The quantitative estimate of drug-likeness (QED) is 0.753. The standard InChI is InChI=1S/C18H26N6O2/c1-22(12-9-16(25)15-7-3-2-4-8-15)18(26)14-24-17(19-20-21-24)13-23-10-5-6-11-23/h2-4,7-8,16,25H,5-6,9-14H2,1H3/t16-/m1/s1. The smallest absolute Gasteiger partial charge is 0.244 e. The summed E-state index contributed by atoms with van der Waals surface area (Å²) < 4.78 is 1.57. The highest BCUT2D eigenvalue weighted by Gasteiger charge is 2.19. The van der Waals surface area contributed by atoms with Gasteiger partial charge in [-0.3, -0.25) is 9.69 Å². The van der Waals surface area contributed by atoms with Crippen LogP contribution in [0.15, 0.2) is 30.3 Å². The number of hydrogen-bond donors (Lipinski definition) is 1. The molecule has 140 valence electrons. The lowest BCUT2D eigenvalue weighted by Crippen LogP contribution is -2.33. The van der Waals surface area contributed by atoms with Crippen LogP contribution in [0.2, 0.25) is 0 Å². The van der Waals surface area contributed by atoms with Crippen molar-refractivity contribution >= 4 is 5.91 Å². The molecule has 0 unspecified atom stereocenters. The minimum Gasteiger partial charge on any atom is -0.388 e. The van der Waals surface area contributed by atoms with E-state index in [1.807, 2.05) is 30.3 Å². The van der Waals surface area contributed by atoms with Crippen molar-refractivity contribution in [1.29, 1.82) is 0 Å². The number of rotatable bonds is 8. The van der Waals surface area contributed by atoms with Crippen LogP contribution in [0.5, 0.6) is 0 Å². The van der Waals surface area contributed by atoms with Crippen LogP contribution in [-0.4, -0.2) is 67.7 Å². The van der Waals surface area contributed by atoms with Crippen molar-refractivity contribution in [2.24, 2.45) is 0 Å². The van der Waals surface area contributed by atoms with Crippen molar-refractivity contribution in [3.63, 3.8) is 0 Å². The number of aliphatic hydroxyl groups excluding tert-OH is 1. The molecule has 1 N–H and O–H groups in total. The van der Waals surface area contributed by atoms with Crippen LogP contribution in [0.25, 0.3) is 0 Å². The zero-order valence-corrected chi connectivity index (χ0v) is 15.2. The van der Waals surface area contributed by atoms with Gasteiger partial charge in [-0.05, 0) is 48.3 Å². The minimum absolute atomic E-state index is 0.0692. The number of tetrazole rings is 1. The molecule has 1 atom stereocenters. The van der Waals surface area contributed by atoms with Gasteiger partial charge in [-0.25, -0.2) is 4.68 Å². The maximum atomic E-state index is 12.5. The predicted molar refractivity (Wildman–Crippen MR) is 96.0 cm³/mol. The number of aromatic nitrogens is 4. The van der Waals surface area contributed by atoms with Crippen molar-refractivity contribution in [2.45, 2.75) is 38.5 Å². The predicted octanol–water partition coefficient (Wildman–Crippen LogP) is 0.851. The highest BCUT2D eigenvalue weighted by molar-refractivity contribution is 5.75. The highest BCUT2D eigenvalue weighted by atomic mass is 16.3. The summed E-state index contributed by atoms with van der Waals surface area (Å²) in [5, 5.41) is 22.0. The monoisotopic (exact) mass is 358 g/mol. The third kappa shape index (κ3) is 4.86. The lowest BCUT2D eigenvalue weighted by molar-refractivity contribution is -0.131. The van der Waals surface area contributed by atoms with Gasteiger partial charge in [0, 0.05) is 13.6 Å². The Morgan fingerprint density at radius 1 is 1.27 bits per heavy atom. The van der Waals surface area contributed by atoms with E-state index in [0.29, 0.717) is 19.5 Å². The first kappa shape index (κ1) is 18.5. The van der Waals surface area contributed by atoms with Gasteiger partial charge in [0.05, 0.1) is 12.6 Å². The van der Waals surface area contributed by atoms with E-state index in [-0.39, 0.29) is 12.5 Å². The van der Waals surface area contributed by atoms with Crippen LogP contribution in [0.3, 0.4) is 0 Å². The van der Waals surface area contributed by atoms with E-state index in [1.54, 1.807) is 16.6 Å². The summed E-state index contributed by atoms with van der Waals surface area (Å²) in [6.07, 6.45) is 2.31. The van der Waals surface area contributed by atoms with Crippen LogP contribution < -0.4 is 0 Å². The third-order valence-corrected chi connectivity index (χ3v) is 4.80. The average Bonchev–Trinajstić information content (AvgIpc) is 3.33. The van der Waals surface area contributed by atoms with Gasteiger partial charge in [-0.15, -0.1) is 5.10 Å². The van der Waals surface area contributed by atoms with E-state index in [2.05, 4.69) is 20.4 Å². The van der Waals surface area contributed by atoms with Crippen molar-refractivity contribution in [1.82, 2.24) is 30.0 Å². The van der Waals surface area contributed by atoms with E-state index in [9.17, 15) is 9.90 Å². The van der Waals surface area contributed by atoms with Gasteiger partial charge in [-0.1, -0.05) is 30.3 Å². The number of hydrogen-bond acceptors (Lipinski definition) is 6. The summed E-state index contributed by atoms with van der Waals surface area (Å²) in [6.45, 7) is 3.37. The summed E-state index contributed by atoms with van der Waals surface area (Å²) in [4.78, 5) is 16.4. The molecule has 1 aliphatic rings. The molecule has 0 spiro atoms. The Hall–Kier alpha value is -2.32. The zero-order valence-electron chi connectivity index (χ0n) is 15.2. The molecule has 0 saturated carbocycles. The Kier molecular flexibility index (Phi) is 6.30. The molecule has 2 aromatic rings. The van der Waals surface area contributed by atoms with Crippen molar-refractivity contribution < 1.29 is 9.90 Å². The van der Waals surface area contributed by atoms with Gasteiger partial charge < -0.3 is 10.0 Å². The number of likely N-dealkylation sites (N-methyl/N-ethyl adjacent to an activating group) is 1. The average molecular weight is 358 g/mol. The molecule has 1 aromatic heterocycles. The van der Waals surface area contributed by atoms with Crippen molar-refractivity contribution in [3.05, 3.63) is 41.7 Å². The molecule has 3 rings (SSSR count). The number of benzene rings is 1. The summed E-state index contributed by atoms with van der Waals surface area (Å²) in [6, 6.07) is 9.48. The maximum absolute atomic E-state index is 12.5. The second kappa shape index (κ2) is 8.86. The van der Waals surface area contributed by atoms with Crippen LogP contribution >= 0.6 is 0 Å². The fraction of sp³-hybridized carbons (Fsp3) is 0.556. The highest BCUT2D eigenvalue weighted by Crippen LogP contribution is 2.16. The van der Waals surface area contributed by atoms with Gasteiger partial charge in [0.1, 0.15) is 6.54 Å². The fourth-order valence-corrected chi connectivity index (χ4v) is 3.13. The van der Waals surface area contributed by atoms with Gasteiger partial charge in [0.2, 0.25) is 5.91 Å². The van der Waals surface area contributed by atoms with Crippen molar-refractivity contribution in [2.75, 3.05) is 26.7 Å². The summed E-state index contributed by atoms with van der Waals surface area (Å²) >= 11 is 0. The molecule has 26 heavy (non-hydrogen) atoms. The fourth-order valence-electron chi connectivity index (χ4n) is 3.13. The van der Waals surface area contributed by atoms with Crippen molar-refractivity contribution in [3.8, 4) is 0 Å². The van der Waals surface area contributed by atoms with Crippen LogP contribution in [0.4, 0.5) is 0 Å². The molecule has 1 aliphatic heterocycles. The number of amides is 1. The van der Waals surface area contributed by atoms with Gasteiger partial charge in [0.15, 0.2) is 5.82 Å².